The maximum absolute atomic E-state index is 9.09. The van der Waals surface area contributed by atoms with E-state index < -0.39 is 0 Å². The summed E-state index contributed by atoms with van der Waals surface area (Å²) in [5.41, 5.74) is 11.5. The summed E-state index contributed by atoms with van der Waals surface area (Å²) < 4.78 is 12.7. The quantitative estimate of drug-likeness (QED) is 0.589. The first-order valence-electron chi connectivity index (χ1n) is 8.49. The topological polar surface area (TPSA) is 98.5 Å². The van der Waals surface area contributed by atoms with Crippen molar-refractivity contribution >= 4 is 11.2 Å². The number of hydrogen-bond donors (Lipinski definition) is 1. The Balaban J connectivity index is 2.04. The number of anilines is 1. The summed E-state index contributed by atoms with van der Waals surface area (Å²) >= 11 is 0. The van der Waals surface area contributed by atoms with Gasteiger partial charge in [0.25, 0.3) is 0 Å². The molecule has 0 bridgehead atoms. The minimum absolute atomic E-state index is 0.374. The molecule has 3 heterocycles. The summed E-state index contributed by atoms with van der Waals surface area (Å²) in [6.07, 6.45) is 5.18. The van der Waals surface area contributed by atoms with Crippen LogP contribution in [0.5, 0.6) is 11.6 Å². The number of imidazole rings is 1. The lowest BCUT2D eigenvalue weighted by Crippen LogP contribution is -2.01. The number of ether oxygens (including phenoxy) is 2. The molecule has 4 rings (SSSR count). The lowest BCUT2D eigenvalue weighted by atomic mass is 9.98. The molecule has 0 spiro atoms. The van der Waals surface area contributed by atoms with E-state index in [1.54, 1.807) is 38.0 Å². The molecule has 0 saturated heterocycles. The molecule has 1 aromatic carbocycles. The first-order chi connectivity index (χ1) is 13.7. The molecule has 4 aromatic rings. The van der Waals surface area contributed by atoms with Crippen molar-refractivity contribution < 1.29 is 9.47 Å². The van der Waals surface area contributed by atoms with Crippen LogP contribution in [0.2, 0.25) is 0 Å². The molecule has 138 valence electrons. The van der Waals surface area contributed by atoms with Crippen molar-refractivity contribution in [3.05, 3.63) is 60.7 Å². The highest BCUT2D eigenvalue weighted by Crippen LogP contribution is 2.38. The second-order valence-corrected chi connectivity index (χ2v) is 6.14. The zero-order valence-electron chi connectivity index (χ0n) is 15.4. The predicted octanol–water partition coefficient (Wildman–Crippen LogP) is 3.53. The van der Waals surface area contributed by atoms with E-state index >= 15 is 0 Å². The number of rotatable bonds is 4. The second kappa shape index (κ2) is 6.93. The number of nitriles is 1. The Kier molecular flexibility index (Phi) is 4.30. The number of nitrogen functional groups attached to an aromatic ring is 1. The molecule has 0 aliphatic heterocycles. The van der Waals surface area contributed by atoms with Crippen molar-refractivity contribution in [2.75, 3.05) is 20.0 Å². The maximum atomic E-state index is 9.09. The molecule has 2 N–H and O–H groups in total. The molecule has 0 unspecified atom stereocenters. The Hall–Kier alpha value is -4.05. The molecule has 0 amide bonds. The fourth-order valence-electron chi connectivity index (χ4n) is 3.23. The normalized spacial score (nSPS) is 10.6. The molecular weight excluding hydrogens is 354 g/mol. The van der Waals surface area contributed by atoms with E-state index in [9.17, 15) is 0 Å². The molecule has 28 heavy (non-hydrogen) atoms. The minimum atomic E-state index is 0.374. The van der Waals surface area contributed by atoms with Crippen LogP contribution in [0.15, 0.2) is 55.1 Å². The Morgan fingerprint density at radius 2 is 1.82 bits per heavy atom. The molecule has 3 aromatic heterocycles. The number of nitrogens with zero attached hydrogens (tertiary/aromatic N) is 4. The number of nitrogens with two attached hydrogens (primary N) is 1. The summed E-state index contributed by atoms with van der Waals surface area (Å²) in [5, 5.41) is 9.09. The average Bonchev–Trinajstić information content (AvgIpc) is 3.22. The van der Waals surface area contributed by atoms with Crippen LogP contribution in [0.3, 0.4) is 0 Å². The number of methoxy groups -OCH3 is 2. The van der Waals surface area contributed by atoms with Gasteiger partial charge in [-0.25, -0.2) is 9.97 Å². The maximum Gasteiger partial charge on any atom is 0.236 e. The van der Waals surface area contributed by atoms with Gasteiger partial charge in [-0.3, -0.25) is 4.40 Å². The Morgan fingerprint density at radius 3 is 2.46 bits per heavy atom. The molecule has 0 saturated carbocycles. The van der Waals surface area contributed by atoms with Crippen LogP contribution >= 0.6 is 0 Å². The lowest BCUT2D eigenvalue weighted by molar-refractivity contribution is 0.400. The number of fused-ring (bicyclic) bond motifs is 1. The van der Waals surface area contributed by atoms with E-state index in [1.165, 1.54) is 7.11 Å². The highest BCUT2D eigenvalue weighted by atomic mass is 16.5. The third-order valence-corrected chi connectivity index (χ3v) is 4.55. The standard InChI is InChI=1S/C21H17N5O2/c1-27-19-8-16(14-5-3-13(9-22)4-6-14)20(26-12-24-11-18(19)26)15-7-17(23)21(28-2)25-10-15/h3-8,10-12H,23H2,1-2H3. The van der Waals surface area contributed by atoms with Gasteiger partial charge in [-0.1, -0.05) is 12.1 Å². The van der Waals surface area contributed by atoms with Gasteiger partial charge in [0.05, 0.1) is 49.8 Å². The number of pyridine rings is 2. The third-order valence-electron chi connectivity index (χ3n) is 4.55. The van der Waals surface area contributed by atoms with Crippen LogP contribution in [0.1, 0.15) is 5.56 Å². The van der Waals surface area contributed by atoms with Gasteiger partial charge in [-0.05, 0) is 29.8 Å². The molecule has 7 heteroatoms. The third kappa shape index (κ3) is 2.77. The van der Waals surface area contributed by atoms with Gasteiger partial charge in [0, 0.05) is 17.3 Å². The van der Waals surface area contributed by atoms with E-state index in [1.807, 2.05) is 28.7 Å². The fraction of sp³-hybridized carbons (Fsp3) is 0.0952. The average molecular weight is 371 g/mol. The largest absolute Gasteiger partial charge is 0.494 e. The Labute approximate surface area is 161 Å². The van der Waals surface area contributed by atoms with Gasteiger partial charge in [-0.2, -0.15) is 5.26 Å². The summed E-state index contributed by atoms with van der Waals surface area (Å²) in [6, 6.07) is 13.3. The van der Waals surface area contributed by atoms with Gasteiger partial charge in [-0.15, -0.1) is 0 Å². The second-order valence-electron chi connectivity index (χ2n) is 6.14. The molecule has 7 nitrogen and oxygen atoms in total. The SMILES string of the molecule is COc1ncc(-c2c(-c3ccc(C#N)cc3)cc(OC)c3cncn23)cc1N. The van der Waals surface area contributed by atoms with E-state index in [-0.39, 0.29) is 0 Å². The van der Waals surface area contributed by atoms with Crippen molar-refractivity contribution in [3.8, 4) is 40.1 Å². The zero-order valence-corrected chi connectivity index (χ0v) is 15.4. The number of benzene rings is 1. The van der Waals surface area contributed by atoms with Crippen LogP contribution < -0.4 is 15.2 Å². The minimum Gasteiger partial charge on any atom is -0.494 e. The van der Waals surface area contributed by atoms with E-state index in [2.05, 4.69) is 16.0 Å². The predicted molar refractivity (Wildman–Crippen MR) is 106 cm³/mol. The van der Waals surface area contributed by atoms with Crippen LogP contribution in [0.4, 0.5) is 5.69 Å². The molecule has 0 aliphatic rings. The summed E-state index contributed by atoms with van der Waals surface area (Å²) in [7, 11) is 3.15. The summed E-state index contributed by atoms with van der Waals surface area (Å²) in [6.45, 7) is 0. The summed E-state index contributed by atoms with van der Waals surface area (Å²) in [5.74, 6) is 1.06. The smallest absolute Gasteiger partial charge is 0.236 e. The van der Waals surface area contributed by atoms with Crippen LogP contribution in [-0.4, -0.2) is 28.6 Å². The van der Waals surface area contributed by atoms with Gasteiger partial charge in [0.1, 0.15) is 11.3 Å². The molecule has 0 aliphatic carbocycles. The van der Waals surface area contributed by atoms with Gasteiger partial charge in [0.2, 0.25) is 5.88 Å². The molecular formula is C21H17N5O2. The molecule has 0 atom stereocenters. The van der Waals surface area contributed by atoms with Crippen LogP contribution in [-0.2, 0) is 0 Å². The van der Waals surface area contributed by atoms with Gasteiger partial charge < -0.3 is 15.2 Å². The van der Waals surface area contributed by atoms with Crippen molar-refractivity contribution in [3.63, 3.8) is 0 Å². The summed E-state index contributed by atoms with van der Waals surface area (Å²) in [4.78, 5) is 8.59. The van der Waals surface area contributed by atoms with E-state index in [0.29, 0.717) is 22.9 Å². The van der Waals surface area contributed by atoms with E-state index in [4.69, 9.17) is 20.5 Å². The first kappa shape index (κ1) is 17.4. The zero-order chi connectivity index (χ0) is 19.7. The van der Waals surface area contributed by atoms with Crippen LogP contribution in [0.25, 0.3) is 27.9 Å². The highest BCUT2D eigenvalue weighted by molar-refractivity contribution is 5.87. The Morgan fingerprint density at radius 1 is 1.04 bits per heavy atom. The number of aromatic nitrogens is 3. The van der Waals surface area contributed by atoms with Gasteiger partial charge in [0.15, 0.2) is 0 Å². The fourth-order valence-corrected chi connectivity index (χ4v) is 3.23. The highest BCUT2D eigenvalue weighted by Gasteiger charge is 2.18. The van der Waals surface area contributed by atoms with E-state index in [0.717, 1.165) is 27.9 Å². The van der Waals surface area contributed by atoms with Gasteiger partial charge >= 0.3 is 0 Å². The van der Waals surface area contributed by atoms with Crippen LogP contribution in [0, 0.1) is 11.3 Å². The number of hydrogen-bond acceptors (Lipinski definition) is 6. The Bertz CT molecular complexity index is 1210. The monoisotopic (exact) mass is 371 g/mol. The van der Waals surface area contributed by atoms with Crippen molar-refractivity contribution in [2.45, 2.75) is 0 Å². The molecule has 0 radical (unpaired) electrons. The van der Waals surface area contributed by atoms with Crippen molar-refractivity contribution in [1.82, 2.24) is 14.4 Å². The molecule has 0 fully saturated rings. The van der Waals surface area contributed by atoms with Crippen molar-refractivity contribution in [2.24, 2.45) is 0 Å². The lowest BCUT2D eigenvalue weighted by Gasteiger charge is -2.16. The van der Waals surface area contributed by atoms with Crippen molar-refractivity contribution in [1.29, 1.82) is 5.26 Å². The first-order valence-corrected chi connectivity index (χ1v) is 8.49.